The highest BCUT2D eigenvalue weighted by Gasteiger charge is 2.53. The van der Waals surface area contributed by atoms with Crippen molar-refractivity contribution in [3.05, 3.63) is 48.2 Å². The van der Waals surface area contributed by atoms with E-state index in [1.807, 2.05) is 0 Å². The Bertz CT molecular complexity index is 1060. The van der Waals surface area contributed by atoms with Gasteiger partial charge in [0.05, 0.1) is 12.8 Å². The van der Waals surface area contributed by atoms with Crippen LogP contribution in [0.15, 0.2) is 31.0 Å². The average Bonchev–Trinajstić information content (AvgIpc) is 3.21. The fourth-order valence-corrected chi connectivity index (χ4v) is 4.31. The topological polar surface area (TPSA) is 84.7 Å². The number of aromatic nitrogens is 3. The number of nitrogens with zero attached hydrogens (tertiary/aromatic N) is 3. The molecule has 10 heteroatoms. The van der Waals surface area contributed by atoms with E-state index >= 15 is 0 Å². The summed E-state index contributed by atoms with van der Waals surface area (Å²) in [6, 6.07) is 2.27. The Balaban J connectivity index is 1.77. The molecule has 2 aromatic rings. The first-order valence-electron chi connectivity index (χ1n) is 10.7. The van der Waals surface area contributed by atoms with E-state index in [9.17, 15) is 13.6 Å². The predicted octanol–water partition coefficient (Wildman–Crippen LogP) is 3.50. The quantitative estimate of drug-likeness (QED) is 0.496. The Morgan fingerprint density at radius 3 is 2.82 bits per heavy atom. The summed E-state index contributed by atoms with van der Waals surface area (Å²) in [4.78, 5) is 12.0. The highest BCUT2D eigenvalue weighted by atomic mass is 19.2. The molecule has 2 aliphatic heterocycles. The average molecular weight is 463 g/mol. The van der Waals surface area contributed by atoms with E-state index in [1.165, 1.54) is 36.9 Å². The van der Waals surface area contributed by atoms with Crippen LogP contribution in [0.5, 0.6) is 0 Å². The highest BCUT2D eigenvalue weighted by Crippen LogP contribution is 2.40. The molecule has 2 saturated heterocycles. The number of rotatable bonds is 5. The first kappa shape index (κ1) is 23.5. The number of hydrogen-bond acceptors (Lipinski definition) is 7. The van der Waals surface area contributed by atoms with Crippen molar-refractivity contribution in [2.24, 2.45) is 0 Å². The Labute approximate surface area is 190 Å². The molecule has 178 valence electrons. The fraction of sp³-hybridized carbons (Fsp3) is 0.522. The van der Waals surface area contributed by atoms with Crippen LogP contribution in [0.1, 0.15) is 38.8 Å². The molecule has 8 nitrogen and oxygen atoms in total. The van der Waals surface area contributed by atoms with Crippen LogP contribution in [0.4, 0.5) is 8.78 Å². The lowest BCUT2D eigenvalue weighted by Gasteiger charge is -2.50. The molecule has 4 rings (SSSR count). The van der Waals surface area contributed by atoms with Crippen LogP contribution in [-0.2, 0) is 23.7 Å². The molecule has 1 aromatic heterocycles. The summed E-state index contributed by atoms with van der Waals surface area (Å²) in [6.45, 7) is 10.4. The molecule has 0 N–H and O–H groups in total. The van der Waals surface area contributed by atoms with E-state index in [-0.39, 0.29) is 23.4 Å². The van der Waals surface area contributed by atoms with Gasteiger partial charge in [-0.05, 0) is 38.8 Å². The molecule has 0 aliphatic carbocycles. The second-order valence-electron chi connectivity index (χ2n) is 8.74. The minimum absolute atomic E-state index is 0.0205. The molecule has 1 aromatic carbocycles. The number of carbonyl (C=O) groups is 1. The van der Waals surface area contributed by atoms with Crippen LogP contribution >= 0.6 is 0 Å². The molecule has 2 aliphatic rings. The maximum Gasteiger partial charge on any atom is 0.303 e. The van der Waals surface area contributed by atoms with Crippen LogP contribution in [0.25, 0.3) is 11.3 Å². The van der Waals surface area contributed by atoms with Gasteiger partial charge in [0, 0.05) is 12.5 Å². The highest BCUT2D eigenvalue weighted by molar-refractivity contribution is 5.66. The van der Waals surface area contributed by atoms with Gasteiger partial charge in [0.1, 0.15) is 30.0 Å². The summed E-state index contributed by atoms with van der Waals surface area (Å²) in [5, 5.41) is 8.25. The zero-order chi connectivity index (χ0) is 23.9. The van der Waals surface area contributed by atoms with Crippen LogP contribution in [-0.4, -0.2) is 57.8 Å². The lowest BCUT2D eigenvalue weighted by atomic mass is 9.89. The van der Waals surface area contributed by atoms with Crippen molar-refractivity contribution in [1.82, 2.24) is 15.0 Å². The summed E-state index contributed by atoms with van der Waals surface area (Å²) >= 11 is 0. The zero-order valence-corrected chi connectivity index (χ0v) is 19.0. The van der Waals surface area contributed by atoms with Crippen molar-refractivity contribution in [3.8, 4) is 11.3 Å². The Hall–Kier alpha value is -2.69. The molecule has 33 heavy (non-hydrogen) atoms. The minimum atomic E-state index is -1.00. The number of hydrogen-bond donors (Lipinski definition) is 0. The van der Waals surface area contributed by atoms with Crippen LogP contribution < -0.4 is 0 Å². The number of halogens is 2. The van der Waals surface area contributed by atoms with Crippen LogP contribution in [0.3, 0.4) is 0 Å². The molecule has 5 unspecified atom stereocenters. The molecular weight excluding hydrogens is 436 g/mol. The van der Waals surface area contributed by atoms with Gasteiger partial charge in [-0.3, -0.25) is 4.79 Å². The van der Waals surface area contributed by atoms with Crippen LogP contribution in [0, 0.1) is 18.6 Å². The monoisotopic (exact) mass is 463 g/mol. The molecule has 0 spiro atoms. The van der Waals surface area contributed by atoms with Gasteiger partial charge in [-0.25, -0.2) is 13.5 Å². The Morgan fingerprint density at radius 2 is 2.12 bits per heavy atom. The fourth-order valence-electron chi connectivity index (χ4n) is 4.31. The van der Waals surface area contributed by atoms with E-state index in [4.69, 9.17) is 18.9 Å². The number of ether oxygens (including phenoxy) is 4. The second kappa shape index (κ2) is 8.92. The van der Waals surface area contributed by atoms with Crippen molar-refractivity contribution in [3.63, 3.8) is 0 Å². The molecule has 0 amide bonds. The normalized spacial score (nSPS) is 28.7. The van der Waals surface area contributed by atoms with Crippen molar-refractivity contribution in [2.45, 2.75) is 70.4 Å². The largest absolute Gasteiger partial charge is 0.457 e. The van der Waals surface area contributed by atoms with Crippen molar-refractivity contribution in [2.75, 3.05) is 6.61 Å². The van der Waals surface area contributed by atoms with Crippen LogP contribution in [0.2, 0.25) is 0 Å². The number of esters is 1. The first-order valence-corrected chi connectivity index (χ1v) is 10.7. The van der Waals surface area contributed by atoms with Crippen molar-refractivity contribution >= 4 is 5.97 Å². The van der Waals surface area contributed by atoms with E-state index in [0.717, 1.165) is 0 Å². The third-order valence-electron chi connectivity index (χ3n) is 5.84. The smallest absolute Gasteiger partial charge is 0.303 e. The minimum Gasteiger partial charge on any atom is -0.457 e. The van der Waals surface area contributed by atoms with Gasteiger partial charge in [-0.15, -0.1) is 11.7 Å². The Morgan fingerprint density at radius 1 is 1.36 bits per heavy atom. The second-order valence-corrected chi connectivity index (χ2v) is 8.74. The number of fused-ring (bicyclic) bond motifs is 1. The van der Waals surface area contributed by atoms with Crippen molar-refractivity contribution in [1.29, 1.82) is 0 Å². The summed E-state index contributed by atoms with van der Waals surface area (Å²) in [5.41, 5.74) is 0.311. The van der Waals surface area contributed by atoms with Crippen molar-refractivity contribution < 1.29 is 32.5 Å². The first-order chi connectivity index (χ1) is 15.6. The van der Waals surface area contributed by atoms with E-state index in [0.29, 0.717) is 6.42 Å². The summed E-state index contributed by atoms with van der Waals surface area (Å²) < 4.78 is 53.9. The number of benzene rings is 1. The molecule has 0 radical (unpaired) electrons. The maximum atomic E-state index is 14.6. The molecule has 0 bridgehead atoms. The summed E-state index contributed by atoms with van der Waals surface area (Å²) in [7, 11) is 0. The molecule has 0 saturated carbocycles. The maximum absolute atomic E-state index is 14.6. The summed E-state index contributed by atoms with van der Waals surface area (Å²) in [6.07, 6.45) is 1.17. The van der Waals surface area contributed by atoms with Gasteiger partial charge in [-0.1, -0.05) is 17.4 Å². The zero-order valence-electron chi connectivity index (χ0n) is 19.0. The van der Waals surface area contributed by atoms with Gasteiger partial charge in [0.25, 0.3) is 0 Å². The third-order valence-corrected chi connectivity index (χ3v) is 5.84. The lowest BCUT2D eigenvalue weighted by Crippen LogP contribution is -2.62. The number of carbonyl (C=O) groups excluding carboxylic acids is 1. The predicted molar refractivity (Wildman–Crippen MR) is 113 cm³/mol. The summed E-state index contributed by atoms with van der Waals surface area (Å²) in [5.74, 6) is -3.35. The van der Waals surface area contributed by atoms with E-state index < -0.39 is 53.8 Å². The Kier molecular flexibility index (Phi) is 6.35. The molecular formula is C23H27F2N3O5. The third kappa shape index (κ3) is 4.55. The van der Waals surface area contributed by atoms with Gasteiger partial charge in [-0.2, -0.15) is 0 Å². The van der Waals surface area contributed by atoms with Gasteiger partial charge < -0.3 is 18.9 Å². The van der Waals surface area contributed by atoms with Gasteiger partial charge in [0.15, 0.2) is 23.5 Å². The van der Waals surface area contributed by atoms with Gasteiger partial charge >= 0.3 is 5.97 Å². The molecule has 5 atom stereocenters. The SMILES string of the molecule is C=CCC1OC2COC(C)(C)OC2C(n2cc(-c3ccc(C)c(F)c3F)nn2)C1OC(C)=O. The number of aryl methyl sites for hydroxylation is 1. The lowest BCUT2D eigenvalue weighted by molar-refractivity contribution is -0.348. The van der Waals surface area contributed by atoms with E-state index in [1.54, 1.807) is 19.9 Å². The van der Waals surface area contributed by atoms with Gasteiger partial charge in [0.2, 0.25) is 0 Å². The van der Waals surface area contributed by atoms with E-state index in [2.05, 4.69) is 16.9 Å². The standard InChI is InChI=1S/C23H27F2N3O5/c1-6-7-16-21(31-13(3)29)20(22-17(32-16)11-30-23(4,5)33-22)28-10-15(26-27-28)14-9-8-12(2)18(24)19(14)25/h6,8-10,16-17,20-22H,1,7,11H2,2-5H3. The molecule has 2 fully saturated rings. The molecule has 3 heterocycles.